The topological polar surface area (TPSA) is 92.8 Å². The highest BCUT2D eigenvalue weighted by atomic mass is 32.2. The normalized spacial score (nSPS) is 19.9. The number of rotatable bonds is 7. The van der Waals surface area contributed by atoms with E-state index in [1.165, 1.54) is 4.31 Å². The number of carbonyl (C=O) groups excluding carboxylic acids is 2. The summed E-state index contributed by atoms with van der Waals surface area (Å²) in [7, 11) is -3.88. The van der Waals surface area contributed by atoms with Gasteiger partial charge in [0.05, 0.1) is 17.9 Å². The van der Waals surface area contributed by atoms with E-state index in [2.05, 4.69) is 17.9 Å². The van der Waals surface area contributed by atoms with Crippen LogP contribution in [0.25, 0.3) is 10.8 Å². The van der Waals surface area contributed by atoms with Crippen LogP contribution in [0.5, 0.6) is 0 Å². The molecule has 1 aliphatic rings. The lowest BCUT2D eigenvalue weighted by Gasteiger charge is -2.23. The second-order valence-electron chi connectivity index (χ2n) is 6.84. The fraction of sp³-hybridized carbons (Fsp3) is 0.400. The predicted octanol–water partition coefficient (Wildman–Crippen LogP) is 1.97. The maximum absolute atomic E-state index is 13.2. The van der Waals surface area contributed by atoms with Gasteiger partial charge < -0.3 is 10.1 Å². The zero-order valence-corrected chi connectivity index (χ0v) is 17.8. The Hall–Kier alpha value is -2.10. The van der Waals surface area contributed by atoms with Gasteiger partial charge in [-0.3, -0.25) is 9.59 Å². The molecule has 1 aliphatic heterocycles. The first-order valence-corrected chi connectivity index (χ1v) is 11.4. The fourth-order valence-corrected chi connectivity index (χ4v) is 5.56. The molecule has 0 spiro atoms. The first kappa shape index (κ1) is 21.6. The summed E-state index contributed by atoms with van der Waals surface area (Å²) >= 11 is 4.40. The van der Waals surface area contributed by atoms with Gasteiger partial charge in [-0.25, -0.2) is 8.42 Å². The molecular weight excluding hydrogens is 412 g/mol. The van der Waals surface area contributed by atoms with Gasteiger partial charge in [-0.15, -0.1) is 0 Å². The minimum Gasteiger partial charge on any atom is -0.466 e. The van der Waals surface area contributed by atoms with E-state index in [-0.39, 0.29) is 36.3 Å². The number of carbonyl (C=O) groups is 2. The number of esters is 1. The Morgan fingerprint density at radius 1 is 1.21 bits per heavy atom. The molecule has 29 heavy (non-hydrogen) atoms. The second-order valence-corrected chi connectivity index (χ2v) is 9.46. The van der Waals surface area contributed by atoms with Crippen molar-refractivity contribution in [2.24, 2.45) is 0 Å². The Balaban J connectivity index is 1.77. The second kappa shape index (κ2) is 9.15. The Labute approximate surface area is 175 Å². The van der Waals surface area contributed by atoms with Crippen LogP contribution < -0.4 is 5.32 Å². The van der Waals surface area contributed by atoms with Gasteiger partial charge in [-0.05, 0) is 36.2 Å². The van der Waals surface area contributed by atoms with E-state index in [9.17, 15) is 18.0 Å². The molecule has 1 fully saturated rings. The average molecular weight is 437 g/mol. The number of hydrogen-bond donors (Lipinski definition) is 2. The van der Waals surface area contributed by atoms with Crippen LogP contribution in [0.3, 0.4) is 0 Å². The standard InChI is InChI=1S/C20H24N2O5S2/c1-2-27-19(23)9-10-21-20(24)18-12-16(28)13-22(18)29(25,26)17-8-7-14-5-3-4-6-15(14)11-17/h3-8,11,16,18,28H,2,9-10,12-13H2,1H3,(H,21,24). The van der Waals surface area contributed by atoms with E-state index in [0.29, 0.717) is 6.42 Å². The molecule has 9 heteroatoms. The van der Waals surface area contributed by atoms with Crippen molar-refractivity contribution in [1.82, 2.24) is 9.62 Å². The van der Waals surface area contributed by atoms with Crippen LogP contribution in [0.1, 0.15) is 19.8 Å². The third-order valence-corrected chi connectivity index (χ3v) is 7.04. The van der Waals surface area contributed by atoms with Crippen molar-refractivity contribution in [3.05, 3.63) is 42.5 Å². The molecule has 2 aromatic carbocycles. The molecule has 156 valence electrons. The molecule has 0 bridgehead atoms. The van der Waals surface area contributed by atoms with Crippen LogP contribution in [-0.4, -0.2) is 55.6 Å². The third-order valence-electron chi connectivity index (χ3n) is 4.80. The molecule has 0 aliphatic carbocycles. The summed E-state index contributed by atoms with van der Waals surface area (Å²) in [6.07, 6.45) is 0.342. The fourth-order valence-electron chi connectivity index (χ4n) is 3.39. The van der Waals surface area contributed by atoms with Crippen LogP contribution in [0.4, 0.5) is 0 Å². The van der Waals surface area contributed by atoms with Crippen LogP contribution in [0.2, 0.25) is 0 Å². The molecule has 1 heterocycles. The number of nitrogens with one attached hydrogen (secondary N) is 1. The number of thiol groups is 1. The lowest BCUT2D eigenvalue weighted by molar-refractivity contribution is -0.143. The zero-order valence-electron chi connectivity index (χ0n) is 16.1. The van der Waals surface area contributed by atoms with E-state index in [4.69, 9.17) is 4.74 Å². The minimum absolute atomic E-state index is 0.0357. The summed E-state index contributed by atoms with van der Waals surface area (Å²) in [6, 6.07) is 11.6. The van der Waals surface area contributed by atoms with E-state index in [0.717, 1.165) is 10.8 Å². The number of sulfonamides is 1. The van der Waals surface area contributed by atoms with Crippen LogP contribution in [-0.2, 0) is 24.3 Å². The summed E-state index contributed by atoms with van der Waals surface area (Å²) in [5.74, 6) is -0.845. The molecule has 0 aromatic heterocycles. The first-order valence-electron chi connectivity index (χ1n) is 9.45. The van der Waals surface area contributed by atoms with Gasteiger partial charge in [0.1, 0.15) is 6.04 Å². The molecule has 1 N–H and O–H groups in total. The van der Waals surface area contributed by atoms with Crippen molar-refractivity contribution in [3.8, 4) is 0 Å². The third kappa shape index (κ3) is 4.91. The van der Waals surface area contributed by atoms with E-state index < -0.39 is 27.9 Å². The van der Waals surface area contributed by atoms with Crippen molar-refractivity contribution in [2.75, 3.05) is 19.7 Å². The number of nitrogens with zero attached hydrogens (tertiary/aromatic N) is 1. The Bertz CT molecular complexity index is 1010. The molecule has 0 saturated carbocycles. The van der Waals surface area contributed by atoms with Crippen molar-refractivity contribution < 1.29 is 22.7 Å². The van der Waals surface area contributed by atoms with Crippen LogP contribution in [0, 0.1) is 0 Å². The number of benzene rings is 2. The van der Waals surface area contributed by atoms with E-state index in [1.54, 1.807) is 25.1 Å². The zero-order chi connectivity index (χ0) is 21.0. The predicted molar refractivity (Wildman–Crippen MR) is 113 cm³/mol. The Morgan fingerprint density at radius 2 is 1.93 bits per heavy atom. The number of hydrogen-bond acceptors (Lipinski definition) is 6. The highest BCUT2D eigenvalue weighted by Crippen LogP contribution is 2.30. The smallest absolute Gasteiger partial charge is 0.307 e. The lowest BCUT2D eigenvalue weighted by atomic mass is 10.1. The maximum atomic E-state index is 13.2. The lowest BCUT2D eigenvalue weighted by Crippen LogP contribution is -2.46. The van der Waals surface area contributed by atoms with Gasteiger partial charge in [0.2, 0.25) is 15.9 Å². The van der Waals surface area contributed by atoms with E-state index in [1.807, 2.05) is 24.3 Å². The van der Waals surface area contributed by atoms with Crippen LogP contribution in [0.15, 0.2) is 47.4 Å². The Morgan fingerprint density at radius 3 is 2.66 bits per heavy atom. The molecule has 2 atom stereocenters. The number of ether oxygens (including phenoxy) is 1. The minimum atomic E-state index is -3.88. The van der Waals surface area contributed by atoms with Gasteiger partial charge in [-0.2, -0.15) is 16.9 Å². The summed E-state index contributed by atoms with van der Waals surface area (Å²) < 4.78 is 32.5. The van der Waals surface area contributed by atoms with Crippen molar-refractivity contribution in [1.29, 1.82) is 0 Å². The summed E-state index contributed by atoms with van der Waals surface area (Å²) in [5.41, 5.74) is 0. The molecule has 3 rings (SSSR count). The summed E-state index contributed by atoms with van der Waals surface area (Å²) in [6.45, 7) is 2.22. The first-order chi connectivity index (χ1) is 13.8. The summed E-state index contributed by atoms with van der Waals surface area (Å²) in [4.78, 5) is 24.2. The molecule has 2 aromatic rings. The van der Waals surface area contributed by atoms with Gasteiger partial charge >= 0.3 is 5.97 Å². The SMILES string of the molecule is CCOC(=O)CCNC(=O)C1CC(S)CN1S(=O)(=O)c1ccc2ccccc2c1. The van der Waals surface area contributed by atoms with Gasteiger partial charge in [0.15, 0.2) is 0 Å². The van der Waals surface area contributed by atoms with Crippen molar-refractivity contribution in [2.45, 2.75) is 36.0 Å². The molecule has 2 unspecified atom stereocenters. The average Bonchev–Trinajstić information content (AvgIpc) is 3.10. The highest BCUT2D eigenvalue weighted by Gasteiger charge is 2.42. The van der Waals surface area contributed by atoms with E-state index >= 15 is 0 Å². The maximum Gasteiger partial charge on any atom is 0.307 e. The quantitative estimate of drug-likeness (QED) is 0.511. The summed E-state index contributed by atoms with van der Waals surface area (Å²) in [5, 5.41) is 4.14. The van der Waals surface area contributed by atoms with Crippen molar-refractivity contribution >= 4 is 45.3 Å². The van der Waals surface area contributed by atoms with Gasteiger partial charge in [0, 0.05) is 18.3 Å². The Kier molecular flexibility index (Phi) is 6.81. The molecule has 0 radical (unpaired) electrons. The largest absolute Gasteiger partial charge is 0.466 e. The van der Waals surface area contributed by atoms with Crippen molar-refractivity contribution in [3.63, 3.8) is 0 Å². The molecule has 7 nitrogen and oxygen atoms in total. The van der Waals surface area contributed by atoms with Gasteiger partial charge in [-0.1, -0.05) is 30.3 Å². The highest BCUT2D eigenvalue weighted by molar-refractivity contribution is 7.89. The monoisotopic (exact) mass is 436 g/mol. The number of amides is 1. The van der Waals surface area contributed by atoms with Crippen LogP contribution >= 0.6 is 12.6 Å². The molecule has 1 saturated heterocycles. The molecule has 1 amide bonds. The molecular formula is C20H24N2O5S2. The number of fused-ring (bicyclic) bond motifs is 1. The van der Waals surface area contributed by atoms with Gasteiger partial charge in [0.25, 0.3) is 0 Å².